The second-order valence-electron chi connectivity index (χ2n) is 8.97. The van der Waals surface area contributed by atoms with Gasteiger partial charge in [0, 0.05) is 36.3 Å². The minimum atomic E-state index is -0.990. The molecule has 0 bridgehead atoms. The van der Waals surface area contributed by atoms with Crippen LogP contribution in [0.4, 0.5) is 0 Å². The average Bonchev–Trinajstić information content (AvgIpc) is 3.33. The van der Waals surface area contributed by atoms with E-state index >= 15 is 0 Å². The number of hydrogen-bond acceptors (Lipinski definition) is 10. The standard InChI is InChI=1S/C21H35Cl2N7O3/c1-29(8-7-25-6-5-12-13(22)3-2-4-14(12)23)9-15-17(31)18(32)21(33-15)30-11-28-16-19(24)26-10-27-20(16)30/h2-4,15-21,25-28,31-32H,5-11,24H2,1H3/t15-,16?,17-,18-,19?,20?,21-/m1/s1. The van der Waals surface area contributed by atoms with Crippen molar-refractivity contribution in [3.63, 3.8) is 0 Å². The highest BCUT2D eigenvalue weighted by molar-refractivity contribution is 6.35. The molecule has 33 heavy (non-hydrogen) atoms. The molecule has 0 amide bonds. The number of ether oxygens (including phenoxy) is 1. The third kappa shape index (κ3) is 5.80. The van der Waals surface area contributed by atoms with Gasteiger partial charge in [-0.2, -0.15) is 0 Å². The molecule has 3 fully saturated rings. The van der Waals surface area contributed by atoms with E-state index in [4.69, 9.17) is 33.7 Å². The first kappa shape index (κ1) is 25.5. The number of aliphatic hydroxyl groups is 2. The number of rotatable bonds is 9. The number of halogens is 2. The van der Waals surface area contributed by atoms with Crippen LogP contribution >= 0.6 is 23.2 Å². The molecule has 3 saturated heterocycles. The maximum atomic E-state index is 10.7. The summed E-state index contributed by atoms with van der Waals surface area (Å²) in [6, 6.07) is 5.53. The van der Waals surface area contributed by atoms with Gasteiger partial charge in [0.05, 0.1) is 25.0 Å². The van der Waals surface area contributed by atoms with E-state index in [1.807, 2.05) is 30.1 Å². The minimum Gasteiger partial charge on any atom is -0.387 e. The van der Waals surface area contributed by atoms with Crippen molar-refractivity contribution in [3.05, 3.63) is 33.8 Å². The van der Waals surface area contributed by atoms with Gasteiger partial charge in [-0.1, -0.05) is 29.3 Å². The topological polar surface area (TPSA) is 130 Å². The number of nitrogens with zero attached hydrogens (tertiary/aromatic N) is 2. The van der Waals surface area contributed by atoms with Crippen molar-refractivity contribution in [2.75, 3.05) is 46.6 Å². The van der Waals surface area contributed by atoms with Gasteiger partial charge in [-0.25, -0.2) is 4.90 Å². The minimum absolute atomic E-state index is 0.000129. The summed E-state index contributed by atoms with van der Waals surface area (Å²) in [6.07, 6.45) is -2.53. The molecular weight excluding hydrogens is 469 g/mol. The van der Waals surface area contributed by atoms with E-state index in [-0.39, 0.29) is 18.4 Å². The fourth-order valence-corrected chi connectivity index (χ4v) is 5.37. The van der Waals surface area contributed by atoms with Crippen molar-refractivity contribution < 1.29 is 14.9 Å². The molecular formula is C21H35Cl2N7O3. The van der Waals surface area contributed by atoms with Crippen LogP contribution in [0.2, 0.25) is 10.0 Å². The summed E-state index contributed by atoms with van der Waals surface area (Å²) in [5.41, 5.74) is 7.08. The van der Waals surface area contributed by atoms with Crippen LogP contribution in [0.1, 0.15) is 5.56 Å². The number of hydrogen-bond donors (Lipinski definition) is 7. The van der Waals surface area contributed by atoms with E-state index in [0.29, 0.717) is 29.9 Å². The lowest BCUT2D eigenvalue weighted by Crippen LogP contribution is -2.68. The molecule has 3 aliphatic heterocycles. The van der Waals surface area contributed by atoms with Crippen molar-refractivity contribution in [2.45, 2.75) is 49.3 Å². The fourth-order valence-electron chi connectivity index (χ4n) is 4.78. The average molecular weight is 504 g/mol. The molecule has 10 nitrogen and oxygen atoms in total. The summed E-state index contributed by atoms with van der Waals surface area (Å²) in [6.45, 7) is 3.90. The molecule has 0 aromatic heterocycles. The molecule has 0 spiro atoms. The van der Waals surface area contributed by atoms with Crippen LogP contribution in [-0.2, 0) is 11.2 Å². The first-order chi connectivity index (χ1) is 15.9. The molecule has 0 aliphatic carbocycles. The lowest BCUT2D eigenvalue weighted by molar-refractivity contribution is -0.106. The Balaban J connectivity index is 1.20. The van der Waals surface area contributed by atoms with E-state index in [2.05, 4.69) is 26.2 Å². The van der Waals surface area contributed by atoms with Gasteiger partial charge in [0.1, 0.15) is 24.5 Å². The zero-order chi connectivity index (χ0) is 23.5. The van der Waals surface area contributed by atoms with Gasteiger partial charge in [0.2, 0.25) is 0 Å². The predicted molar refractivity (Wildman–Crippen MR) is 128 cm³/mol. The van der Waals surface area contributed by atoms with E-state index < -0.39 is 24.5 Å². The van der Waals surface area contributed by atoms with Crippen LogP contribution < -0.4 is 27.0 Å². The maximum Gasteiger partial charge on any atom is 0.142 e. The largest absolute Gasteiger partial charge is 0.387 e. The third-order valence-electron chi connectivity index (χ3n) is 6.68. The number of likely N-dealkylation sites (N-methyl/N-ethyl adjacent to an activating group) is 1. The van der Waals surface area contributed by atoms with Crippen LogP contribution in [0, 0.1) is 0 Å². The molecule has 0 saturated carbocycles. The van der Waals surface area contributed by atoms with Crippen LogP contribution in [0.5, 0.6) is 0 Å². The van der Waals surface area contributed by atoms with Crippen molar-refractivity contribution in [1.29, 1.82) is 0 Å². The zero-order valence-corrected chi connectivity index (χ0v) is 20.3. The second kappa shape index (κ2) is 11.4. The van der Waals surface area contributed by atoms with Crippen LogP contribution in [0.25, 0.3) is 0 Å². The maximum absolute atomic E-state index is 10.7. The summed E-state index contributed by atoms with van der Waals surface area (Å²) in [5, 5.41) is 35.9. The predicted octanol–water partition coefficient (Wildman–Crippen LogP) is -1.50. The SMILES string of the molecule is CN(CCNCCc1c(Cl)cccc1Cl)C[C@H]1O[C@@H](N2CNC3C(N)NCNC32)[C@H](O)[C@@H]1O. The van der Waals surface area contributed by atoms with Crippen molar-refractivity contribution in [2.24, 2.45) is 5.73 Å². The first-order valence-corrected chi connectivity index (χ1v) is 12.2. The van der Waals surface area contributed by atoms with Crippen LogP contribution in [0.3, 0.4) is 0 Å². The van der Waals surface area contributed by atoms with E-state index in [9.17, 15) is 10.2 Å². The quantitative estimate of drug-likeness (QED) is 0.200. The highest BCUT2D eigenvalue weighted by Gasteiger charge is 2.51. The number of benzene rings is 1. The molecule has 8 N–H and O–H groups in total. The molecule has 1 aromatic carbocycles. The molecule has 3 unspecified atom stereocenters. The summed E-state index contributed by atoms with van der Waals surface area (Å²) in [7, 11) is 1.98. The van der Waals surface area contributed by atoms with Gasteiger partial charge < -0.3 is 30.9 Å². The highest BCUT2D eigenvalue weighted by atomic mass is 35.5. The third-order valence-corrected chi connectivity index (χ3v) is 7.39. The van der Waals surface area contributed by atoms with Crippen LogP contribution in [0.15, 0.2) is 18.2 Å². The summed E-state index contributed by atoms with van der Waals surface area (Å²) in [4.78, 5) is 4.09. The smallest absolute Gasteiger partial charge is 0.142 e. The normalized spacial score (nSPS) is 34.8. The molecule has 3 heterocycles. The Morgan fingerprint density at radius 2 is 1.94 bits per heavy atom. The second-order valence-corrected chi connectivity index (χ2v) is 9.78. The zero-order valence-electron chi connectivity index (χ0n) is 18.8. The Morgan fingerprint density at radius 3 is 2.70 bits per heavy atom. The number of fused-ring (bicyclic) bond motifs is 1. The summed E-state index contributed by atoms with van der Waals surface area (Å²) in [5.74, 6) is 0. The highest BCUT2D eigenvalue weighted by Crippen LogP contribution is 2.28. The summed E-state index contributed by atoms with van der Waals surface area (Å²) >= 11 is 12.4. The summed E-state index contributed by atoms with van der Waals surface area (Å²) < 4.78 is 6.13. The Bertz CT molecular complexity index is 774. The Labute approximate surface area is 204 Å². The lowest BCUT2D eigenvalue weighted by atomic mass is 10.1. The van der Waals surface area contributed by atoms with E-state index in [1.54, 1.807) is 0 Å². The molecule has 4 rings (SSSR count). The molecule has 186 valence electrons. The van der Waals surface area contributed by atoms with Crippen LogP contribution in [-0.4, -0.2) is 109 Å². The molecule has 7 atom stereocenters. The molecule has 1 aromatic rings. The van der Waals surface area contributed by atoms with E-state index in [1.165, 1.54) is 0 Å². The van der Waals surface area contributed by atoms with Crippen molar-refractivity contribution in [3.8, 4) is 0 Å². The van der Waals surface area contributed by atoms with E-state index in [0.717, 1.165) is 31.6 Å². The monoisotopic (exact) mass is 503 g/mol. The van der Waals surface area contributed by atoms with Gasteiger partial charge in [-0.05, 0) is 37.7 Å². The van der Waals surface area contributed by atoms with Crippen molar-refractivity contribution in [1.82, 2.24) is 31.1 Å². The van der Waals surface area contributed by atoms with Gasteiger partial charge in [-0.3, -0.25) is 16.0 Å². The molecule has 0 radical (unpaired) electrons. The Kier molecular flexibility index (Phi) is 8.82. The lowest BCUT2D eigenvalue weighted by Gasteiger charge is -2.38. The van der Waals surface area contributed by atoms with Gasteiger partial charge in [-0.15, -0.1) is 0 Å². The van der Waals surface area contributed by atoms with Crippen molar-refractivity contribution >= 4 is 23.2 Å². The number of nitrogens with one attached hydrogen (secondary N) is 4. The molecule has 3 aliphatic rings. The Hall–Kier alpha value is -0.600. The first-order valence-electron chi connectivity index (χ1n) is 11.4. The number of nitrogens with two attached hydrogens (primary N) is 1. The number of aliphatic hydroxyl groups excluding tert-OH is 2. The Morgan fingerprint density at radius 1 is 1.18 bits per heavy atom. The molecule has 12 heteroatoms. The fraction of sp³-hybridized carbons (Fsp3) is 0.714. The van der Waals surface area contributed by atoms with Gasteiger partial charge in [0.25, 0.3) is 0 Å². The van der Waals surface area contributed by atoms with Gasteiger partial charge >= 0.3 is 0 Å². The van der Waals surface area contributed by atoms with Gasteiger partial charge in [0.15, 0.2) is 0 Å².